The number of aromatic nitrogens is 8. The first-order valence-electron chi connectivity index (χ1n) is 21.8. The van der Waals surface area contributed by atoms with Crippen LogP contribution >= 0.6 is 0 Å². The average Bonchev–Trinajstić information content (AvgIpc) is 3.35. The van der Waals surface area contributed by atoms with E-state index in [-0.39, 0.29) is 34.1 Å². The van der Waals surface area contributed by atoms with E-state index in [4.69, 9.17) is 0 Å². The molecule has 0 aliphatic rings. The van der Waals surface area contributed by atoms with Crippen molar-refractivity contribution in [3.63, 3.8) is 0 Å². The summed E-state index contributed by atoms with van der Waals surface area (Å²) in [6.45, 7) is 9.74. The van der Waals surface area contributed by atoms with Gasteiger partial charge in [0.2, 0.25) is 0 Å². The standard InChI is InChI=1S/2C26H28N6.2Mn/c2*1-5-13-27-23(9-1)19-31(20-24-10-2-6-14-28-24)17-18-32(21-25-11-3-7-15-29-25)22-26-12-4-8-16-30-26;;/h2*1-16H,17-22H2;;. The minimum Gasteiger partial charge on any atom is -0.290 e. The molecule has 0 saturated carbocycles. The molecule has 0 fully saturated rings. The van der Waals surface area contributed by atoms with E-state index in [1.807, 2.05) is 147 Å². The summed E-state index contributed by atoms with van der Waals surface area (Å²) in [5.41, 5.74) is 8.48. The molecule has 0 amide bonds. The topological polar surface area (TPSA) is 116 Å². The molecule has 0 aromatic carbocycles. The fraction of sp³-hybridized carbons (Fsp3) is 0.231. The third-order valence-electron chi connectivity index (χ3n) is 10.4. The molecule has 0 bridgehead atoms. The Kier molecular flexibility index (Phi) is 22.9. The predicted molar refractivity (Wildman–Crippen MR) is 250 cm³/mol. The average molecular weight is 959 g/mol. The van der Waals surface area contributed by atoms with Crippen LogP contribution < -0.4 is 0 Å². The number of nitrogens with zero attached hydrogens (tertiary/aromatic N) is 12. The van der Waals surface area contributed by atoms with Gasteiger partial charge in [0, 0.05) is 162 Å². The Morgan fingerprint density at radius 3 is 0.455 bits per heavy atom. The summed E-state index contributed by atoms with van der Waals surface area (Å²) < 4.78 is 0. The second-order valence-electron chi connectivity index (χ2n) is 15.4. The van der Waals surface area contributed by atoms with Gasteiger partial charge >= 0.3 is 0 Å². The van der Waals surface area contributed by atoms with Crippen LogP contribution in [-0.4, -0.2) is 85.7 Å². The minimum atomic E-state index is 0. The van der Waals surface area contributed by atoms with E-state index in [1.54, 1.807) is 0 Å². The summed E-state index contributed by atoms with van der Waals surface area (Å²) >= 11 is 0. The quantitative estimate of drug-likeness (QED) is 0.0615. The minimum absolute atomic E-state index is 0. The molecule has 2 radical (unpaired) electrons. The van der Waals surface area contributed by atoms with Crippen LogP contribution in [0.1, 0.15) is 45.6 Å². The van der Waals surface area contributed by atoms with Crippen molar-refractivity contribution in [2.24, 2.45) is 0 Å². The second kappa shape index (κ2) is 29.6. The normalized spacial score (nSPS) is 10.8. The molecule has 0 atom stereocenters. The third-order valence-corrected chi connectivity index (χ3v) is 10.4. The van der Waals surface area contributed by atoms with Crippen LogP contribution in [0.4, 0.5) is 0 Å². The van der Waals surface area contributed by atoms with Crippen molar-refractivity contribution in [1.82, 2.24) is 59.5 Å². The van der Waals surface area contributed by atoms with Crippen LogP contribution in [0.5, 0.6) is 0 Å². The zero-order valence-electron chi connectivity index (χ0n) is 37.1. The number of rotatable bonds is 22. The molecule has 12 nitrogen and oxygen atoms in total. The van der Waals surface area contributed by atoms with Gasteiger partial charge in [0.1, 0.15) is 0 Å². The summed E-state index contributed by atoms with van der Waals surface area (Å²) in [5, 5.41) is 0. The molecule has 8 heterocycles. The first-order chi connectivity index (χ1) is 31.7. The monoisotopic (exact) mass is 958 g/mol. The van der Waals surface area contributed by atoms with Gasteiger partial charge in [-0.05, 0) is 97.1 Å². The Morgan fingerprint density at radius 1 is 0.212 bits per heavy atom. The first kappa shape index (κ1) is 51.1. The van der Waals surface area contributed by atoms with Crippen LogP contribution in [0.15, 0.2) is 195 Å². The summed E-state index contributed by atoms with van der Waals surface area (Å²) in [6, 6.07) is 48.5. The molecule has 0 aliphatic carbocycles. The van der Waals surface area contributed by atoms with Gasteiger partial charge in [-0.1, -0.05) is 48.5 Å². The van der Waals surface area contributed by atoms with Crippen LogP contribution in [0.3, 0.4) is 0 Å². The zero-order valence-corrected chi connectivity index (χ0v) is 39.4. The van der Waals surface area contributed by atoms with Crippen molar-refractivity contribution >= 4 is 0 Å². The Bertz CT molecular complexity index is 1900. The molecular formula is C52H56Mn2N12. The Morgan fingerprint density at radius 2 is 0.348 bits per heavy atom. The summed E-state index contributed by atoms with van der Waals surface area (Å²) in [6.07, 6.45) is 14.8. The van der Waals surface area contributed by atoms with E-state index >= 15 is 0 Å². The van der Waals surface area contributed by atoms with Crippen molar-refractivity contribution in [3.05, 3.63) is 241 Å². The molecule has 0 aliphatic heterocycles. The van der Waals surface area contributed by atoms with Gasteiger partial charge in [0.25, 0.3) is 0 Å². The molecule has 8 aromatic heterocycles. The van der Waals surface area contributed by atoms with Gasteiger partial charge in [-0.3, -0.25) is 59.5 Å². The van der Waals surface area contributed by atoms with Crippen LogP contribution in [-0.2, 0) is 86.5 Å². The molecular weight excluding hydrogens is 903 g/mol. The first-order valence-corrected chi connectivity index (χ1v) is 21.8. The van der Waals surface area contributed by atoms with E-state index in [0.29, 0.717) is 0 Å². The van der Waals surface area contributed by atoms with Gasteiger partial charge in [-0.15, -0.1) is 0 Å². The van der Waals surface area contributed by atoms with Gasteiger partial charge in [-0.2, -0.15) is 0 Å². The second-order valence-corrected chi connectivity index (χ2v) is 15.4. The van der Waals surface area contributed by atoms with E-state index < -0.39 is 0 Å². The molecule has 0 saturated heterocycles. The van der Waals surface area contributed by atoms with E-state index in [0.717, 1.165) is 124 Å². The summed E-state index contributed by atoms with van der Waals surface area (Å²) in [5.74, 6) is 0. The van der Waals surface area contributed by atoms with Crippen LogP contribution in [0, 0.1) is 0 Å². The van der Waals surface area contributed by atoms with E-state index in [2.05, 4.69) is 108 Å². The molecule has 0 N–H and O–H groups in total. The Labute approximate surface area is 410 Å². The summed E-state index contributed by atoms with van der Waals surface area (Å²) in [7, 11) is 0. The van der Waals surface area contributed by atoms with Crippen molar-refractivity contribution < 1.29 is 34.1 Å². The van der Waals surface area contributed by atoms with Gasteiger partial charge in [-0.25, -0.2) is 0 Å². The van der Waals surface area contributed by atoms with Crippen molar-refractivity contribution in [2.75, 3.05) is 26.2 Å². The number of pyridine rings is 8. The van der Waals surface area contributed by atoms with Gasteiger partial charge in [0.05, 0.1) is 45.6 Å². The maximum absolute atomic E-state index is 4.53. The van der Waals surface area contributed by atoms with E-state index in [1.165, 1.54) is 0 Å². The molecule has 0 spiro atoms. The predicted octanol–water partition coefficient (Wildman–Crippen LogP) is 7.94. The molecule has 14 heteroatoms. The third kappa shape index (κ3) is 18.9. The SMILES string of the molecule is [Mn].[Mn].c1ccc(CN(CCN(Cc2ccccn2)Cc2ccccn2)Cc2ccccn2)nc1.c1ccc(CN(CCN(Cc2ccccn2)Cc2ccccn2)Cc2ccccn2)nc1. The maximum atomic E-state index is 4.53. The molecule has 8 rings (SSSR count). The van der Waals surface area contributed by atoms with Crippen molar-refractivity contribution in [1.29, 1.82) is 0 Å². The molecule has 66 heavy (non-hydrogen) atoms. The van der Waals surface area contributed by atoms with Crippen molar-refractivity contribution in [3.8, 4) is 0 Å². The molecule has 8 aromatic rings. The number of hydrogen-bond donors (Lipinski definition) is 0. The maximum Gasteiger partial charge on any atom is 0.0544 e. The van der Waals surface area contributed by atoms with Crippen molar-refractivity contribution in [2.45, 2.75) is 52.4 Å². The number of hydrogen-bond acceptors (Lipinski definition) is 12. The fourth-order valence-corrected chi connectivity index (χ4v) is 7.19. The van der Waals surface area contributed by atoms with Gasteiger partial charge in [0.15, 0.2) is 0 Å². The van der Waals surface area contributed by atoms with E-state index in [9.17, 15) is 0 Å². The Hall–Kier alpha value is -5.92. The van der Waals surface area contributed by atoms with Gasteiger partial charge < -0.3 is 0 Å². The van der Waals surface area contributed by atoms with Crippen LogP contribution in [0.2, 0.25) is 0 Å². The largest absolute Gasteiger partial charge is 0.290 e. The zero-order chi connectivity index (χ0) is 43.7. The fourth-order valence-electron chi connectivity index (χ4n) is 7.19. The molecule has 338 valence electrons. The smallest absolute Gasteiger partial charge is 0.0544 e. The van der Waals surface area contributed by atoms with Crippen LogP contribution in [0.25, 0.3) is 0 Å². The Balaban J connectivity index is 0.000000240. The molecule has 0 unspecified atom stereocenters. The summed E-state index contributed by atoms with van der Waals surface area (Å²) in [4.78, 5) is 45.8.